The number of anilines is 2. The van der Waals surface area contributed by atoms with E-state index >= 15 is 0 Å². The minimum Gasteiger partial charge on any atom is -0.341 e. The zero-order chi connectivity index (χ0) is 16.8. The topological polar surface area (TPSA) is 13.0 Å². The number of benzene rings is 2. The van der Waals surface area contributed by atoms with Crippen molar-refractivity contribution in [2.24, 2.45) is 0 Å². The Balaban J connectivity index is 1.73. The molecule has 1 saturated heterocycles. The van der Waals surface area contributed by atoms with Crippen LogP contribution in [0.4, 0.5) is 11.4 Å². The molecule has 128 valence electrons. The van der Waals surface area contributed by atoms with Crippen molar-refractivity contribution in [2.75, 3.05) is 57.0 Å². The molecule has 2 aromatic rings. The van der Waals surface area contributed by atoms with Crippen LogP contribution in [0.2, 0.25) is 0 Å². The van der Waals surface area contributed by atoms with Gasteiger partial charge >= 0.3 is 0 Å². The molecule has 1 aliphatic heterocycles. The Labute approximate surface area is 145 Å². The van der Waals surface area contributed by atoms with E-state index in [4.69, 9.17) is 0 Å². The fraction of sp³-hybridized carbons (Fsp3) is 0.400. The summed E-state index contributed by atoms with van der Waals surface area (Å²) in [6.07, 6.45) is 1.19. The second-order valence-electron chi connectivity index (χ2n) is 6.73. The first kappa shape index (κ1) is 16.8. The van der Waals surface area contributed by atoms with Crippen molar-refractivity contribution in [3.63, 3.8) is 0 Å². The van der Waals surface area contributed by atoms with Gasteiger partial charge in [0.1, 0.15) is 0 Å². The van der Waals surface area contributed by atoms with E-state index in [1.807, 2.05) is 0 Å². The van der Waals surface area contributed by atoms with Gasteiger partial charge in [0, 0.05) is 17.9 Å². The molecule has 1 aliphatic rings. The molecular formula is C20H28N4. The molecule has 0 bridgehead atoms. The summed E-state index contributed by atoms with van der Waals surface area (Å²) >= 11 is 0. The number of nitrogens with zero attached hydrogens (tertiary/aromatic N) is 4. The third-order valence-corrected chi connectivity index (χ3v) is 4.41. The summed E-state index contributed by atoms with van der Waals surface area (Å²) in [5.41, 5.74) is 2.58. The second-order valence-corrected chi connectivity index (χ2v) is 6.73. The number of para-hydroxylation sites is 2. The molecule has 0 unspecified atom stereocenters. The smallest absolute Gasteiger partial charge is 0.0928 e. The summed E-state index contributed by atoms with van der Waals surface area (Å²) in [7, 11) is 4.28. The Hall–Kier alpha value is -2.04. The minimum absolute atomic E-state index is 0.929. The molecule has 24 heavy (non-hydrogen) atoms. The van der Waals surface area contributed by atoms with E-state index in [2.05, 4.69) is 94.4 Å². The van der Waals surface area contributed by atoms with Crippen molar-refractivity contribution in [3.8, 4) is 0 Å². The zero-order valence-corrected chi connectivity index (χ0v) is 14.8. The van der Waals surface area contributed by atoms with Crippen molar-refractivity contribution < 1.29 is 0 Å². The van der Waals surface area contributed by atoms with Gasteiger partial charge in [0.25, 0.3) is 0 Å². The van der Waals surface area contributed by atoms with E-state index in [9.17, 15) is 0 Å². The first-order chi connectivity index (χ1) is 11.7. The number of hydrogen-bond donors (Lipinski definition) is 0. The lowest BCUT2D eigenvalue weighted by atomic mass is 10.2. The summed E-state index contributed by atoms with van der Waals surface area (Å²) < 4.78 is 0. The normalized spacial score (nSPS) is 16.0. The van der Waals surface area contributed by atoms with Gasteiger partial charge in [-0.15, -0.1) is 0 Å². The zero-order valence-electron chi connectivity index (χ0n) is 14.8. The van der Waals surface area contributed by atoms with Gasteiger partial charge in [-0.2, -0.15) is 0 Å². The van der Waals surface area contributed by atoms with Crippen molar-refractivity contribution in [3.05, 3.63) is 60.7 Å². The predicted octanol–water partition coefficient (Wildman–Crippen LogP) is 3.14. The predicted molar refractivity (Wildman–Crippen MR) is 102 cm³/mol. The van der Waals surface area contributed by atoms with Gasteiger partial charge in [0.2, 0.25) is 0 Å². The molecule has 0 saturated carbocycles. The van der Waals surface area contributed by atoms with Gasteiger partial charge < -0.3 is 14.7 Å². The fourth-order valence-electron chi connectivity index (χ4n) is 3.18. The fourth-order valence-corrected chi connectivity index (χ4v) is 3.18. The Bertz CT molecular complexity index is 552. The van der Waals surface area contributed by atoms with E-state index in [0.29, 0.717) is 0 Å². The van der Waals surface area contributed by atoms with Crippen LogP contribution in [0.5, 0.6) is 0 Å². The Morgan fingerprint density at radius 2 is 1.25 bits per heavy atom. The Morgan fingerprint density at radius 1 is 0.750 bits per heavy atom. The lowest BCUT2D eigenvalue weighted by molar-refractivity contribution is 0.229. The molecule has 0 N–H and O–H groups in total. The Kier molecular flexibility index (Phi) is 5.72. The summed E-state index contributed by atoms with van der Waals surface area (Å²) in [6, 6.07) is 21.4. The SMILES string of the molecule is CN(C)CCCN1CN(c2ccccc2)CN(c2ccccc2)C1. The van der Waals surface area contributed by atoms with Crippen LogP contribution in [0.25, 0.3) is 0 Å². The third kappa shape index (κ3) is 4.49. The van der Waals surface area contributed by atoms with Crippen LogP contribution in [-0.4, -0.2) is 57.0 Å². The van der Waals surface area contributed by atoms with Crippen LogP contribution in [0.3, 0.4) is 0 Å². The first-order valence-corrected chi connectivity index (χ1v) is 8.69. The maximum atomic E-state index is 2.53. The van der Waals surface area contributed by atoms with E-state index in [1.165, 1.54) is 17.8 Å². The molecule has 0 atom stereocenters. The minimum atomic E-state index is 0.929. The first-order valence-electron chi connectivity index (χ1n) is 8.69. The average molecular weight is 324 g/mol. The molecular weight excluding hydrogens is 296 g/mol. The maximum absolute atomic E-state index is 2.53. The van der Waals surface area contributed by atoms with Crippen LogP contribution in [0.1, 0.15) is 6.42 Å². The van der Waals surface area contributed by atoms with Crippen LogP contribution in [0, 0.1) is 0 Å². The van der Waals surface area contributed by atoms with E-state index in [0.717, 1.165) is 33.1 Å². The van der Waals surface area contributed by atoms with Gasteiger partial charge in [0.05, 0.1) is 20.0 Å². The van der Waals surface area contributed by atoms with Crippen LogP contribution >= 0.6 is 0 Å². The highest BCUT2D eigenvalue weighted by molar-refractivity contribution is 5.52. The van der Waals surface area contributed by atoms with Crippen molar-refractivity contribution >= 4 is 11.4 Å². The van der Waals surface area contributed by atoms with Gasteiger partial charge in [-0.1, -0.05) is 36.4 Å². The molecule has 2 aromatic carbocycles. The third-order valence-electron chi connectivity index (χ3n) is 4.41. The van der Waals surface area contributed by atoms with E-state index in [-0.39, 0.29) is 0 Å². The van der Waals surface area contributed by atoms with Crippen molar-refractivity contribution in [1.29, 1.82) is 0 Å². The highest BCUT2D eigenvalue weighted by Gasteiger charge is 2.23. The van der Waals surface area contributed by atoms with Crippen LogP contribution in [-0.2, 0) is 0 Å². The summed E-state index contributed by atoms with van der Waals surface area (Å²) in [5.74, 6) is 0. The van der Waals surface area contributed by atoms with Gasteiger partial charge in [0.15, 0.2) is 0 Å². The molecule has 0 amide bonds. The van der Waals surface area contributed by atoms with E-state index in [1.54, 1.807) is 0 Å². The quantitative estimate of drug-likeness (QED) is 0.809. The largest absolute Gasteiger partial charge is 0.341 e. The summed E-state index contributed by atoms with van der Waals surface area (Å²) in [4.78, 5) is 9.69. The highest BCUT2D eigenvalue weighted by Crippen LogP contribution is 2.22. The molecule has 3 rings (SSSR count). The lowest BCUT2D eigenvalue weighted by Crippen LogP contribution is -2.55. The molecule has 0 aromatic heterocycles. The lowest BCUT2D eigenvalue weighted by Gasteiger charge is -2.44. The van der Waals surface area contributed by atoms with Gasteiger partial charge in [-0.3, -0.25) is 4.90 Å². The molecule has 0 radical (unpaired) electrons. The monoisotopic (exact) mass is 324 g/mol. The van der Waals surface area contributed by atoms with Crippen molar-refractivity contribution in [2.45, 2.75) is 6.42 Å². The van der Waals surface area contributed by atoms with Crippen LogP contribution < -0.4 is 9.80 Å². The number of hydrogen-bond acceptors (Lipinski definition) is 4. The molecule has 4 heteroatoms. The van der Waals surface area contributed by atoms with Gasteiger partial charge in [-0.25, -0.2) is 0 Å². The highest BCUT2D eigenvalue weighted by atomic mass is 15.5. The molecule has 4 nitrogen and oxygen atoms in total. The molecule has 1 heterocycles. The van der Waals surface area contributed by atoms with Crippen molar-refractivity contribution in [1.82, 2.24) is 9.80 Å². The Morgan fingerprint density at radius 3 is 1.71 bits per heavy atom. The summed E-state index contributed by atoms with van der Waals surface area (Å²) in [5, 5.41) is 0. The molecule has 0 spiro atoms. The van der Waals surface area contributed by atoms with E-state index < -0.39 is 0 Å². The maximum Gasteiger partial charge on any atom is 0.0928 e. The number of rotatable bonds is 6. The standard InChI is InChI=1S/C20H28N4/c1-21(2)14-9-15-22-16-23(19-10-5-3-6-11-19)18-24(17-22)20-12-7-4-8-13-20/h3-8,10-13H,9,14-18H2,1-2H3. The van der Waals surface area contributed by atoms with Gasteiger partial charge in [-0.05, 0) is 51.3 Å². The average Bonchev–Trinajstić information content (AvgIpc) is 2.63. The molecule has 1 fully saturated rings. The van der Waals surface area contributed by atoms with Crippen LogP contribution in [0.15, 0.2) is 60.7 Å². The molecule has 0 aliphatic carbocycles. The summed E-state index contributed by atoms with van der Waals surface area (Å²) in [6.45, 7) is 5.15. The second kappa shape index (κ2) is 8.18.